The summed E-state index contributed by atoms with van der Waals surface area (Å²) in [6.07, 6.45) is 2.49. The molecule has 1 aromatic rings. The van der Waals surface area contributed by atoms with Crippen LogP contribution in [0.4, 0.5) is 0 Å². The van der Waals surface area contributed by atoms with Gasteiger partial charge >= 0.3 is 0 Å². The highest BCUT2D eigenvalue weighted by Crippen LogP contribution is 2.29. The number of halogens is 1. The summed E-state index contributed by atoms with van der Waals surface area (Å²) in [7, 11) is -2.01. The van der Waals surface area contributed by atoms with E-state index in [1.807, 2.05) is 0 Å². The number of methoxy groups -OCH3 is 1. The number of hydrogen-bond donors (Lipinski definition) is 0. The van der Waals surface area contributed by atoms with Crippen molar-refractivity contribution in [3.63, 3.8) is 0 Å². The summed E-state index contributed by atoms with van der Waals surface area (Å²) in [5.74, 6) is -0.465. The number of carbonyl (C=O) groups excluding carboxylic acids is 2. The lowest BCUT2D eigenvalue weighted by molar-refractivity contribution is -0.116. The van der Waals surface area contributed by atoms with Crippen molar-refractivity contribution in [1.82, 2.24) is 0 Å². The number of ketones is 2. The molecule has 0 saturated carbocycles. The second kappa shape index (κ2) is 6.22. The maximum atomic E-state index is 12.6. The molecule has 0 amide bonds. The number of allylic oxidation sites excluding steroid dienone is 2. The summed E-state index contributed by atoms with van der Waals surface area (Å²) in [5, 5.41) is -0.00532. The fraction of sp³-hybridized carbons (Fsp3) is 0.333. The fourth-order valence-electron chi connectivity index (χ4n) is 2.32. The van der Waals surface area contributed by atoms with Crippen LogP contribution in [0.25, 0.3) is 0 Å². The van der Waals surface area contributed by atoms with Gasteiger partial charge in [-0.05, 0) is 24.6 Å². The Morgan fingerprint density at radius 3 is 2.50 bits per heavy atom. The molecule has 1 aliphatic rings. The van der Waals surface area contributed by atoms with Crippen LogP contribution in [0.1, 0.15) is 29.6 Å². The number of rotatable bonds is 4. The van der Waals surface area contributed by atoms with Crippen LogP contribution in [0.5, 0.6) is 0 Å². The standard InChI is InChI=1S/C15H15ClO5S/c1-21-13-5-3-4-12(17)14(13)15(18)10-7-6-9(8-11(10)16)22(2,19)20/h6-8H,3-5H2,1-2H3. The van der Waals surface area contributed by atoms with E-state index < -0.39 is 15.6 Å². The van der Waals surface area contributed by atoms with Crippen LogP contribution in [0.15, 0.2) is 34.4 Å². The minimum Gasteiger partial charge on any atom is -0.500 e. The molecule has 1 aliphatic carbocycles. The van der Waals surface area contributed by atoms with Gasteiger partial charge < -0.3 is 4.74 Å². The Hall–Kier alpha value is -1.66. The summed E-state index contributed by atoms with van der Waals surface area (Å²) >= 11 is 6.03. The first-order chi connectivity index (χ1) is 10.3. The Morgan fingerprint density at radius 1 is 1.27 bits per heavy atom. The van der Waals surface area contributed by atoms with Crippen LogP contribution in [0.2, 0.25) is 5.02 Å². The van der Waals surface area contributed by atoms with Gasteiger partial charge in [0.2, 0.25) is 5.78 Å². The maximum Gasteiger partial charge on any atom is 0.201 e. The van der Waals surface area contributed by atoms with E-state index in [9.17, 15) is 18.0 Å². The highest BCUT2D eigenvalue weighted by Gasteiger charge is 2.29. The van der Waals surface area contributed by atoms with Crippen molar-refractivity contribution < 1.29 is 22.7 Å². The number of ether oxygens (including phenoxy) is 1. The van der Waals surface area contributed by atoms with Crippen molar-refractivity contribution in [1.29, 1.82) is 0 Å². The zero-order valence-electron chi connectivity index (χ0n) is 12.2. The van der Waals surface area contributed by atoms with Crippen molar-refractivity contribution in [3.05, 3.63) is 40.1 Å². The van der Waals surface area contributed by atoms with E-state index in [-0.39, 0.29) is 33.3 Å². The molecule has 0 aromatic heterocycles. The van der Waals surface area contributed by atoms with Gasteiger partial charge in [-0.2, -0.15) is 0 Å². The van der Waals surface area contributed by atoms with Crippen molar-refractivity contribution in [3.8, 4) is 0 Å². The number of carbonyl (C=O) groups is 2. The molecule has 118 valence electrons. The molecule has 0 bridgehead atoms. The summed E-state index contributed by atoms with van der Waals surface area (Å²) < 4.78 is 28.1. The van der Waals surface area contributed by atoms with Crippen molar-refractivity contribution in [2.75, 3.05) is 13.4 Å². The first kappa shape index (κ1) is 16.7. The normalized spacial score (nSPS) is 15.9. The van der Waals surface area contributed by atoms with E-state index in [0.717, 1.165) is 6.26 Å². The third-order valence-corrected chi connectivity index (χ3v) is 4.88. The van der Waals surface area contributed by atoms with Gasteiger partial charge in [-0.1, -0.05) is 11.6 Å². The van der Waals surface area contributed by atoms with Gasteiger partial charge in [0.1, 0.15) is 11.3 Å². The highest BCUT2D eigenvalue weighted by atomic mass is 35.5. The second-order valence-electron chi connectivity index (χ2n) is 5.02. The van der Waals surface area contributed by atoms with E-state index in [2.05, 4.69) is 0 Å². The van der Waals surface area contributed by atoms with Crippen molar-refractivity contribution in [2.45, 2.75) is 24.2 Å². The minimum atomic E-state index is -3.42. The Balaban J connectivity index is 2.50. The van der Waals surface area contributed by atoms with Gasteiger partial charge in [-0.25, -0.2) is 8.42 Å². The molecule has 0 aliphatic heterocycles. The molecule has 22 heavy (non-hydrogen) atoms. The quantitative estimate of drug-likeness (QED) is 0.620. The maximum absolute atomic E-state index is 12.6. The van der Waals surface area contributed by atoms with E-state index >= 15 is 0 Å². The first-order valence-corrected chi connectivity index (χ1v) is 8.87. The Labute approximate surface area is 133 Å². The highest BCUT2D eigenvalue weighted by molar-refractivity contribution is 7.90. The van der Waals surface area contributed by atoms with Crippen LogP contribution < -0.4 is 0 Å². The molecular weight excluding hydrogens is 328 g/mol. The lowest BCUT2D eigenvalue weighted by atomic mass is 9.90. The molecule has 0 radical (unpaired) electrons. The molecule has 5 nitrogen and oxygen atoms in total. The smallest absolute Gasteiger partial charge is 0.201 e. The predicted octanol–water partition coefficient (Wildman–Crippen LogP) is 2.58. The summed E-state index contributed by atoms with van der Waals surface area (Å²) in [6.45, 7) is 0. The van der Waals surface area contributed by atoms with Gasteiger partial charge in [-0.3, -0.25) is 9.59 Å². The van der Waals surface area contributed by atoms with Crippen LogP contribution in [0, 0.1) is 0 Å². The lowest BCUT2D eigenvalue weighted by Crippen LogP contribution is -2.20. The number of sulfone groups is 1. The molecule has 2 rings (SSSR count). The fourth-order valence-corrected chi connectivity index (χ4v) is 3.30. The zero-order valence-corrected chi connectivity index (χ0v) is 13.8. The third-order valence-electron chi connectivity index (χ3n) is 3.45. The van der Waals surface area contributed by atoms with Crippen LogP contribution in [-0.4, -0.2) is 33.3 Å². The minimum absolute atomic E-state index is 0.00255. The molecule has 7 heteroatoms. The Kier molecular flexibility index (Phi) is 4.72. The van der Waals surface area contributed by atoms with Gasteiger partial charge in [0.05, 0.1) is 17.0 Å². The first-order valence-electron chi connectivity index (χ1n) is 6.60. The molecule has 0 atom stereocenters. The molecule has 0 N–H and O–H groups in total. The van der Waals surface area contributed by atoms with Crippen molar-refractivity contribution >= 4 is 33.0 Å². The van der Waals surface area contributed by atoms with Gasteiger partial charge in [0.25, 0.3) is 0 Å². The average Bonchev–Trinajstić information content (AvgIpc) is 2.45. The molecule has 0 saturated heterocycles. The molecule has 0 heterocycles. The van der Waals surface area contributed by atoms with E-state index in [4.69, 9.17) is 16.3 Å². The molecule has 0 spiro atoms. The largest absolute Gasteiger partial charge is 0.500 e. The summed E-state index contributed by atoms with van der Waals surface area (Å²) in [4.78, 5) is 24.6. The van der Waals surface area contributed by atoms with Crippen molar-refractivity contribution in [2.24, 2.45) is 0 Å². The molecular formula is C15H15ClO5S. The number of Topliss-reactive ketones (excluding diaryl/α,β-unsaturated/α-hetero) is 2. The lowest BCUT2D eigenvalue weighted by Gasteiger charge is -2.17. The van der Waals surface area contributed by atoms with Crippen LogP contribution in [-0.2, 0) is 19.4 Å². The third kappa shape index (κ3) is 3.23. The van der Waals surface area contributed by atoms with E-state index in [1.165, 1.54) is 25.3 Å². The van der Waals surface area contributed by atoms with E-state index in [1.54, 1.807) is 0 Å². The second-order valence-corrected chi connectivity index (χ2v) is 7.44. The van der Waals surface area contributed by atoms with E-state index in [0.29, 0.717) is 18.6 Å². The van der Waals surface area contributed by atoms with Crippen LogP contribution in [0.3, 0.4) is 0 Å². The predicted molar refractivity (Wildman–Crippen MR) is 81.8 cm³/mol. The monoisotopic (exact) mass is 342 g/mol. The van der Waals surface area contributed by atoms with Crippen LogP contribution >= 0.6 is 11.6 Å². The van der Waals surface area contributed by atoms with Gasteiger partial charge in [0, 0.05) is 24.7 Å². The topological polar surface area (TPSA) is 77.5 Å². The van der Waals surface area contributed by atoms with Gasteiger partial charge in [-0.15, -0.1) is 0 Å². The number of benzene rings is 1. The summed E-state index contributed by atoms with van der Waals surface area (Å²) in [6, 6.07) is 3.84. The number of hydrogen-bond acceptors (Lipinski definition) is 5. The summed E-state index contributed by atoms with van der Waals surface area (Å²) in [5.41, 5.74) is 0.0941. The van der Waals surface area contributed by atoms with Gasteiger partial charge in [0.15, 0.2) is 15.6 Å². The Morgan fingerprint density at radius 2 is 1.95 bits per heavy atom. The SMILES string of the molecule is COC1=C(C(=O)c2ccc(S(C)(=O)=O)cc2Cl)C(=O)CCC1. The molecule has 0 fully saturated rings. The molecule has 1 aromatic carbocycles. The zero-order chi connectivity index (χ0) is 16.5. The molecule has 0 unspecified atom stereocenters. The Bertz CT molecular complexity index is 777. The average molecular weight is 343 g/mol.